The van der Waals surface area contributed by atoms with Crippen LogP contribution in [0.15, 0.2) is 36.4 Å². The van der Waals surface area contributed by atoms with Crippen LogP contribution in [-0.4, -0.2) is 11.9 Å². The molecule has 1 aromatic carbocycles. The van der Waals surface area contributed by atoms with Crippen LogP contribution in [0.2, 0.25) is 0 Å². The molecule has 0 bridgehead atoms. The average molecular weight is 625 g/mol. The molecule has 1 aromatic rings. The molecule has 0 fully saturated rings. The number of benzene rings is 1. The van der Waals surface area contributed by atoms with Crippen molar-refractivity contribution < 1.29 is 68.0 Å². The van der Waals surface area contributed by atoms with Crippen molar-refractivity contribution in [3.8, 4) is 0 Å². The number of carbonyl (C=O) groups is 2. The Kier molecular flexibility index (Phi) is 19.3. The summed E-state index contributed by atoms with van der Waals surface area (Å²) >= 11 is 0.388. The van der Waals surface area contributed by atoms with Crippen molar-refractivity contribution in [2.75, 3.05) is 0 Å². The quantitative estimate of drug-likeness (QED) is 0.475. The molecule has 6 heteroatoms. The number of carbonyl (C=O) groups excluding carboxylic acids is 2. The van der Waals surface area contributed by atoms with E-state index in [0.717, 1.165) is 0 Å². The zero-order valence-corrected chi connectivity index (χ0v) is 21.9. The molecular weight excluding hydrogens is 609 g/mol. The van der Waals surface area contributed by atoms with Gasteiger partial charge in [-0.1, -0.05) is 36.4 Å². The summed E-state index contributed by atoms with van der Waals surface area (Å²) in [6, 6.07) is 12.0. The molecule has 0 aliphatic rings. The number of hydrogen-bond acceptors (Lipinski definition) is 4. The van der Waals surface area contributed by atoms with Crippen molar-refractivity contribution in [3.05, 3.63) is 36.4 Å². The molecule has 0 N–H and O–H groups in total. The summed E-state index contributed by atoms with van der Waals surface area (Å²) in [5.74, 6) is -0.142. The van der Waals surface area contributed by atoms with Crippen LogP contribution in [0.1, 0.15) is 26.7 Å². The number of hydrogen-bond donors (Lipinski definition) is 0. The minimum Gasteiger partial charge on any atom is -0.0623 e. The Morgan fingerprint density at radius 1 is 0.778 bits per heavy atom. The van der Waals surface area contributed by atoms with Crippen molar-refractivity contribution in [2.24, 2.45) is 0 Å². The van der Waals surface area contributed by atoms with E-state index >= 15 is 0 Å². The van der Waals surface area contributed by atoms with Gasteiger partial charge in [0.2, 0.25) is 0 Å². The number of rotatable bonds is 2. The Bertz CT molecular complexity index is 249. The van der Waals surface area contributed by atoms with E-state index in [1.165, 1.54) is 0 Å². The fraction of sp³-hybridized carbons (Fsp3) is 0.333. The maximum absolute atomic E-state index is 10.0. The second-order valence-corrected chi connectivity index (χ2v) is 5.14. The van der Waals surface area contributed by atoms with Crippen LogP contribution in [-0.2, 0) is 68.0 Å². The first-order valence-electron chi connectivity index (χ1n) is 5.52. The van der Waals surface area contributed by atoms with Crippen molar-refractivity contribution >= 4 is 11.9 Å². The molecule has 0 aliphatic carbocycles. The van der Waals surface area contributed by atoms with E-state index in [1.54, 1.807) is 13.8 Å². The van der Waals surface area contributed by atoms with Crippen LogP contribution in [0, 0.1) is 0 Å². The Morgan fingerprint density at radius 2 is 1.00 bits per heavy atom. The summed E-state index contributed by atoms with van der Waals surface area (Å²) < 4.78 is 8.91. The van der Waals surface area contributed by atoms with Gasteiger partial charge in [0.25, 0.3) is 0 Å². The SMILES string of the molecule is CCC(=O)[O][Hg].CCC(=O)[O][Hg].c1ccccc1. The predicted octanol–water partition coefficient (Wildman–Crippen LogP) is 2.49. The molecule has 0 unspecified atom stereocenters. The first-order chi connectivity index (χ1) is 8.62. The first kappa shape index (κ1) is 20.3. The summed E-state index contributed by atoms with van der Waals surface area (Å²) in [5.41, 5.74) is 0. The standard InChI is InChI=1S/C6H6.2C3H6O2.2Hg/c1-2-4-6-5-3-1;2*1-2-3(4)5;;/h1-6H;2*2H2,1H3,(H,4,5);;/q;;;2*+1/p-2. The van der Waals surface area contributed by atoms with Gasteiger partial charge in [-0.3, -0.25) is 0 Å². The third kappa shape index (κ3) is 18.4. The molecule has 18 heavy (non-hydrogen) atoms. The fourth-order valence-corrected chi connectivity index (χ4v) is 2.18. The maximum Gasteiger partial charge on any atom is -0.0623 e. The van der Waals surface area contributed by atoms with Crippen molar-refractivity contribution in [1.82, 2.24) is 0 Å². The molecule has 0 spiro atoms. The van der Waals surface area contributed by atoms with E-state index in [4.69, 9.17) is 0 Å². The average Bonchev–Trinajstić information content (AvgIpc) is 2.48. The summed E-state index contributed by atoms with van der Waals surface area (Å²) in [7, 11) is 0. The molecule has 92 valence electrons. The van der Waals surface area contributed by atoms with E-state index in [9.17, 15) is 9.59 Å². The second kappa shape index (κ2) is 17.0. The Hall–Kier alpha value is 0.0301. The normalized spacial score (nSPS) is 7.89. The minimum atomic E-state index is -0.0710. The van der Waals surface area contributed by atoms with Crippen LogP contribution in [0.5, 0.6) is 0 Å². The van der Waals surface area contributed by atoms with Crippen LogP contribution in [0.3, 0.4) is 0 Å². The van der Waals surface area contributed by atoms with Crippen LogP contribution >= 0.6 is 0 Å². The zero-order valence-electron chi connectivity index (χ0n) is 10.9. The maximum atomic E-state index is 10.0. The summed E-state index contributed by atoms with van der Waals surface area (Å²) in [5, 5.41) is 0. The van der Waals surface area contributed by atoms with Gasteiger partial charge in [-0.05, 0) is 0 Å². The van der Waals surface area contributed by atoms with E-state index < -0.39 is 0 Å². The third-order valence-electron chi connectivity index (χ3n) is 1.57. The molecule has 0 heterocycles. The van der Waals surface area contributed by atoms with Gasteiger partial charge in [0, 0.05) is 0 Å². The zero-order chi connectivity index (χ0) is 14.2. The van der Waals surface area contributed by atoms with Crippen molar-refractivity contribution in [2.45, 2.75) is 26.7 Å². The molecule has 0 radical (unpaired) electrons. The van der Waals surface area contributed by atoms with Crippen molar-refractivity contribution in [3.63, 3.8) is 0 Å². The second-order valence-electron chi connectivity index (χ2n) is 2.89. The van der Waals surface area contributed by atoms with Crippen LogP contribution < -0.4 is 0 Å². The Morgan fingerprint density at radius 3 is 1.06 bits per heavy atom. The van der Waals surface area contributed by atoms with Gasteiger partial charge >= 0.3 is 107 Å². The Balaban J connectivity index is 0. The molecule has 0 saturated carbocycles. The smallest absolute Gasteiger partial charge is 0.0623 e. The minimum absolute atomic E-state index is 0.0710. The van der Waals surface area contributed by atoms with Gasteiger partial charge in [0.1, 0.15) is 0 Å². The third-order valence-corrected chi connectivity index (χ3v) is 4.07. The van der Waals surface area contributed by atoms with Gasteiger partial charge in [-0.25, -0.2) is 0 Å². The molecule has 1 rings (SSSR count). The molecule has 0 saturated heterocycles. The molecule has 0 amide bonds. The summed E-state index contributed by atoms with van der Waals surface area (Å²) in [6.45, 7) is 3.57. The predicted molar refractivity (Wildman–Crippen MR) is 59.2 cm³/mol. The van der Waals surface area contributed by atoms with Gasteiger partial charge in [-0.2, -0.15) is 0 Å². The van der Waals surface area contributed by atoms with Gasteiger partial charge in [-0.15, -0.1) is 0 Å². The van der Waals surface area contributed by atoms with Crippen LogP contribution in [0.4, 0.5) is 0 Å². The van der Waals surface area contributed by atoms with Crippen LogP contribution in [0.25, 0.3) is 0 Å². The largest absolute Gasteiger partial charge is 0.0623 e. The van der Waals surface area contributed by atoms with Crippen molar-refractivity contribution in [1.29, 1.82) is 0 Å². The van der Waals surface area contributed by atoms with Gasteiger partial charge in [0.15, 0.2) is 0 Å². The summed E-state index contributed by atoms with van der Waals surface area (Å²) in [4.78, 5) is 20.0. The molecule has 0 aromatic heterocycles. The molecular formula is C12H16Hg2O4. The summed E-state index contributed by atoms with van der Waals surface area (Å²) in [6.07, 6.45) is 1.03. The van der Waals surface area contributed by atoms with Gasteiger partial charge < -0.3 is 0 Å². The topological polar surface area (TPSA) is 52.6 Å². The molecule has 0 aliphatic heterocycles. The molecule has 0 atom stereocenters. The fourth-order valence-electron chi connectivity index (χ4n) is 0.589. The van der Waals surface area contributed by atoms with E-state index in [1.807, 2.05) is 36.4 Å². The monoisotopic (exact) mass is 628 g/mol. The van der Waals surface area contributed by atoms with Gasteiger partial charge in [0.05, 0.1) is 0 Å². The Labute approximate surface area is 142 Å². The molecule has 4 nitrogen and oxygen atoms in total. The van der Waals surface area contributed by atoms with E-state index in [0.29, 0.717) is 12.8 Å². The first-order valence-corrected chi connectivity index (χ1v) is 10.0. The van der Waals surface area contributed by atoms with E-state index in [-0.39, 0.29) is 65.1 Å². The van der Waals surface area contributed by atoms with E-state index in [2.05, 4.69) is 5.29 Å².